The fourth-order valence-corrected chi connectivity index (χ4v) is 2.05. The van der Waals surface area contributed by atoms with Crippen LogP contribution < -0.4 is 4.90 Å². The van der Waals surface area contributed by atoms with Gasteiger partial charge in [-0.25, -0.2) is 0 Å². The quantitative estimate of drug-likeness (QED) is 0.705. The molecule has 0 bridgehead atoms. The van der Waals surface area contributed by atoms with Crippen molar-refractivity contribution in [3.8, 4) is 0 Å². The fraction of sp³-hybridized carbons (Fsp3) is 0.462. The normalized spacial score (nSPS) is 10.2. The molecule has 1 aromatic carbocycles. The summed E-state index contributed by atoms with van der Waals surface area (Å²) in [4.78, 5) is 13.0. The van der Waals surface area contributed by atoms with Crippen molar-refractivity contribution in [1.82, 2.24) is 0 Å². The van der Waals surface area contributed by atoms with E-state index in [0.717, 1.165) is 37.9 Å². The van der Waals surface area contributed by atoms with Gasteiger partial charge in [0.05, 0.1) is 10.7 Å². The molecule has 2 nitrogen and oxygen atoms in total. The molecule has 0 aromatic heterocycles. The lowest BCUT2D eigenvalue weighted by Gasteiger charge is -2.25. The van der Waals surface area contributed by atoms with Crippen LogP contribution >= 0.6 is 11.6 Å². The van der Waals surface area contributed by atoms with Crippen molar-refractivity contribution in [2.75, 3.05) is 18.0 Å². The van der Waals surface area contributed by atoms with Crippen molar-refractivity contribution in [2.45, 2.75) is 26.7 Å². The van der Waals surface area contributed by atoms with Crippen molar-refractivity contribution in [3.05, 3.63) is 28.8 Å². The number of benzene rings is 1. The average molecular weight is 240 g/mol. The number of carbonyl (C=O) groups excluding carboxylic acids is 1. The Morgan fingerprint density at radius 3 is 2.38 bits per heavy atom. The molecule has 88 valence electrons. The van der Waals surface area contributed by atoms with E-state index in [-0.39, 0.29) is 0 Å². The van der Waals surface area contributed by atoms with Crippen LogP contribution in [0.25, 0.3) is 0 Å². The highest BCUT2D eigenvalue weighted by atomic mass is 35.5. The minimum Gasteiger partial charge on any atom is -0.370 e. The summed E-state index contributed by atoms with van der Waals surface area (Å²) in [6, 6.07) is 5.60. The molecule has 3 heteroatoms. The molecule has 0 aliphatic rings. The molecule has 0 amide bonds. The summed E-state index contributed by atoms with van der Waals surface area (Å²) in [5.74, 6) is 0. The van der Waals surface area contributed by atoms with Gasteiger partial charge in [0, 0.05) is 18.7 Å². The maximum atomic E-state index is 10.8. The summed E-state index contributed by atoms with van der Waals surface area (Å²) in [5.41, 5.74) is 1.53. The zero-order chi connectivity index (χ0) is 12.0. The molecule has 0 spiro atoms. The van der Waals surface area contributed by atoms with Gasteiger partial charge in [-0.05, 0) is 18.9 Å². The smallest absolute Gasteiger partial charge is 0.151 e. The van der Waals surface area contributed by atoms with Gasteiger partial charge in [0.2, 0.25) is 0 Å². The molecule has 0 saturated heterocycles. The van der Waals surface area contributed by atoms with Crippen LogP contribution in [-0.4, -0.2) is 19.4 Å². The Hall–Kier alpha value is -1.02. The predicted octanol–water partition coefficient (Wildman–Crippen LogP) is 3.78. The molecule has 0 heterocycles. The Balaban J connectivity index is 3.03. The lowest BCUT2D eigenvalue weighted by atomic mass is 10.2. The monoisotopic (exact) mass is 239 g/mol. The zero-order valence-corrected chi connectivity index (χ0v) is 10.6. The zero-order valence-electron chi connectivity index (χ0n) is 9.87. The molecule has 0 radical (unpaired) electrons. The van der Waals surface area contributed by atoms with Crippen LogP contribution in [0.5, 0.6) is 0 Å². The van der Waals surface area contributed by atoms with E-state index in [9.17, 15) is 4.79 Å². The average Bonchev–Trinajstić information content (AvgIpc) is 2.29. The van der Waals surface area contributed by atoms with Gasteiger partial charge in [-0.1, -0.05) is 37.6 Å². The van der Waals surface area contributed by atoms with Gasteiger partial charge in [0.25, 0.3) is 0 Å². The summed E-state index contributed by atoms with van der Waals surface area (Å²) in [7, 11) is 0. The maximum Gasteiger partial charge on any atom is 0.151 e. The largest absolute Gasteiger partial charge is 0.370 e. The Kier molecular flexibility index (Phi) is 5.33. The van der Waals surface area contributed by atoms with E-state index in [1.54, 1.807) is 6.07 Å². The van der Waals surface area contributed by atoms with Crippen LogP contribution in [0.2, 0.25) is 5.02 Å². The lowest BCUT2D eigenvalue weighted by Crippen LogP contribution is -2.25. The number of anilines is 1. The third-order valence-corrected chi connectivity index (χ3v) is 2.87. The van der Waals surface area contributed by atoms with E-state index in [4.69, 9.17) is 11.6 Å². The summed E-state index contributed by atoms with van der Waals surface area (Å²) in [6.07, 6.45) is 2.95. The summed E-state index contributed by atoms with van der Waals surface area (Å²) >= 11 is 6.20. The van der Waals surface area contributed by atoms with Gasteiger partial charge in [0.1, 0.15) is 0 Å². The van der Waals surface area contributed by atoms with E-state index >= 15 is 0 Å². The van der Waals surface area contributed by atoms with Crippen LogP contribution in [-0.2, 0) is 0 Å². The molecule has 0 unspecified atom stereocenters. The van der Waals surface area contributed by atoms with Crippen molar-refractivity contribution in [3.63, 3.8) is 0 Å². The second-order valence-corrected chi connectivity index (χ2v) is 4.16. The van der Waals surface area contributed by atoms with E-state index in [0.29, 0.717) is 10.6 Å². The Bertz CT molecular complexity index is 346. The Labute approximate surface area is 102 Å². The lowest BCUT2D eigenvalue weighted by molar-refractivity contribution is 0.112. The van der Waals surface area contributed by atoms with Gasteiger partial charge in [0.15, 0.2) is 6.29 Å². The number of nitrogens with zero attached hydrogens (tertiary/aromatic N) is 1. The molecular formula is C13H18ClNO. The van der Waals surface area contributed by atoms with E-state index in [1.807, 2.05) is 12.1 Å². The van der Waals surface area contributed by atoms with Crippen LogP contribution in [0.1, 0.15) is 37.0 Å². The molecule has 0 N–H and O–H groups in total. The number of aldehydes is 1. The van der Waals surface area contributed by atoms with Gasteiger partial charge >= 0.3 is 0 Å². The highest BCUT2D eigenvalue weighted by molar-refractivity contribution is 6.35. The molecule has 0 fully saturated rings. The van der Waals surface area contributed by atoms with Gasteiger partial charge < -0.3 is 4.90 Å². The van der Waals surface area contributed by atoms with E-state index in [2.05, 4.69) is 18.7 Å². The third-order valence-electron chi connectivity index (χ3n) is 2.46. The van der Waals surface area contributed by atoms with Gasteiger partial charge in [-0.2, -0.15) is 0 Å². The van der Waals surface area contributed by atoms with Crippen molar-refractivity contribution in [1.29, 1.82) is 0 Å². The topological polar surface area (TPSA) is 20.3 Å². The second kappa shape index (κ2) is 6.54. The first kappa shape index (κ1) is 13.0. The van der Waals surface area contributed by atoms with E-state index in [1.165, 1.54) is 0 Å². The van der Waals surface area contributed by atoms with Crippen LogP contribution in [0.4, 0.5) is 5.69 Å². The van der Waals surface area contributed by atoms with Gasteiger partial charge in [-0.3, -0.25) is 4.79 Å². The predicted molar refractivity (Wildman–Crippen MR) is 69.6 cm³/mol. The minimum atomic E-state index is 0.566. The Morgan fingerprint density at radius 2 is 1.88 bits per heavy atom. The molecule has 1 aromatic rings. The van der Waals surface area contributed by atoms with Gasteiger partial charge in [-0.15, -0.1) is 0 Å². The molecule has 1 rings (SSSR count). The highest BCUT2D eigenvalue weighted by Crippen LogP contribution is 2.28. The number of rotatable bonds is 6. The SMILES string of the molecule is CCCN(CCC)c1cccc(C=O)c1Cl. The van der Waals surface area contributed by atoms with Crippen LogP contribution in [0.15, 0.2) is 18.2 Å². The number of hydrogen-bond acceptors (Lipinski definition) is 2. The summed E-state index contributed by atoms with van der Waals surface area (Å²) in [6.45, 7) is 6.21. The first-order valence-electron chi connectivity index (χ1n) is 5.73. The summed E-state index contributed by atoms with van der Waals surface area (Å²) in [5, 5.41) is 0.569. The van der Waals surface area contributed by atoms with Crippen molar-refractivity contribution < 1.29 is 4.79 Å². The molecule has 0 aliphatic carbocycles. The molecule has 16 heavy (non-hydrogen) atoms. The molecular weight excluding hydrogens is 222 g/mol. The third kappa shape index (κ3) is 2.99. The fourth-order valence-electron chi connectivity index (χ4n) is 1.76. The van der Waals surface area contributed by atoms with Crippen LogP contribution in [0.3, 0.4) is 0 Å². The maximum absolute atomic E-state index is 10.8. The van der Waals surface area contributed by atoms with E-state index < -0.39 is 0 Å². The first-order chi connectivity index (χ1) is 7.74. The molecule has 0 aliphatic heterocycles. The first-order valence-corrected chi connectivity index (χ1v) is 6.11. The standard InChI is InChI=1S/C13H18ClNO/c1-3-8-15(9-4-2)12-7-5-6-11(10-16)13(12)14/h5-7,10H,3-4,8-9H2,1-2H3. The molecule has 0 saturated carbocycles. The minimum absolute atomic E-state index is 0.566. The Morgan fingerprint density at radius 1 is 1.25 bits per heavy atom. The van der Waals surface area contributed by atoms with Crippen molar-refractivity contribution >= 4 is 23.6 Å². The number of hydrogen-bond donors (Lipinski definition) is 0. The molecule has 0 atom stereocenters. The second-order valence-electron chi connectivity index (χ2n) is 3.79. The van der Waals surface area contributed by atoms with Crippen molar-refractivity contribution in [2.24, 2.45) is 0 Å². The highest BCUT2D eigenvalue weighted by Gasteiger charge is 2.11. The van der Waals surface area contributed by atoms with Crippen LogP contribution in [0, 0.1) is 0 Å². The number of halogens is 1. The number of carbonyl (C=O) groups is 1. The summed E-state index contributed by atoms with van der Waals surface area (Å²) < 4.78 is 0.